The highest BCUT2D eigenvalue weighted by Crippen LogP contribution is 2.66. The number of aromatic hydroxyl groups is 1. The van der Waals surface area contributed by atoms with E-state index in [1.165, 1.54) is 74.3 Å². The fourth-order valence-electron chi connectivity index (χ4n) is 12.6. The van der Waals surface area contributed by atoms with Gasteiger partial charge in [-0.2, -0.15) is 0 Å². The molecule has 7 aliphatic carbocycles. The number of aryl methyl sites for hydroxylation is 1. The molecule has 0 amide bonds. The smallest absolute Gasteiger partial charge is 0.304 e. The Hall–Kier alpha value is -2.67. The van der Waals surface area contributed by atoms with E-state index in [9.17, 15) is 9.90 Å². The molecule has 0 radical (unpaired) electrons. The van der Waals surface area contributed by atoms with Gasteiger partial charge in [0.25, 0.3) is 0 Å². The van der Waals surface area contributed by atoms with Gasteiger partial charge in [-0.1, -0.05) is 31.9 Å². The van der Waals surface area contributed by atoms with Crippen LogP contribution in [0.4, 0.5) is 0 Å². The van der Waals surface area contributed by atoms with Crippen LogP contribution in [0.15, 0.2) is 41.7 Å². The zero-order valence-corrected chi connectivity index (χ0v) is 26.9. The molecule has 0 bridgehead atoms. The van der Waals surface area contributed by atoms with Crippen LogP contribution in [0.2, 0.25) is 0 Å². The highest BCUT2D eigenvalue weighted by atomic mass is 16.6. The molecule has 0 aliphatic heterocycles. The maximum atomic E-state index is 12.1. The van der Waals surface area contributed by atoms with E-state index < -0.39 is 5.60 Å². The topological polar surface area (TPSA) is 55.8 Å². The zero-order valence-electron chi connectivity index (χ0n) is 26.9. The van der Waals surface area contributed by atoms with E-state index in [-0.39, 0.29) is 16.8 Å². The first-order valence-corrected chi connectivity index (χ1v) is 17.7. The van der Waals surface area contributed by atoms with Gasteiger partial charge in [0.15, 0.2) is 5.60 Å². The standard InChI is InChI=1S/C40H50O4/c1-5-40(44-24(2)41)21-18-36-34-11-7-26-23-28(9-13-30(26)32(34)17-20-39(36,40)4)43-37-15-14-35-33-10-6-25-22-27(42)8-12-29(25)31(33)16-19-38(35,37)3/h1,7-8,12,22-23,30-37,42H,6,9-11,13-21H2,2-4H3/t30-,31+,32+,33+,34+,35-,36-,37-,38-,39-,40-/m0/s1. The van der Waals surface area contributed by atoms with Gasteiger partial charge in [-0.05, 0) is 153 Å². The molecule has 0 heterocycles. The predicted octanol–water partition coefficient (Wildman–Crippen LogP) is 8.64. The van der Waals surface area contributed by atoms with E-state index in [2.05, 4.69) is 38.0 Å². The van der Waals surface area contributed by atoms with Crippen molar-refractivity contribution in [3.63, 3.8) is 0 Å². The van der Waals surface area contributed by atoms with Gasteiger partial charge in [0.05, 0.1) is 5.76 Å². The monoisotopic (exact) mass is 594 g/mol. The minimum atomic E-state index is -0.746. The van der Waals surface area contributed by atoms with Crippen LogP contribution in [0.1, 0.15) is 115 Å². The van der Waals surface area contributed by atoms with Gasteiger partial charge in [0.2, 0.25) is 0 Å². The van der Waals surface area contributed by atoms with E-state index in [1.54, 1.807) is 0 Å². The fourth-order valence-corrected chi connectivity index (χ4v) is 12.6. The second kappa shape index (κ2) is 10.2. The van der Waals surface area contributed by atoms with Crippen molar-refractivity contribution in [3.05, 3.63) is 52.8 Å². The molecule has 0 aromatic heterocycles. The number of carbonyl (C=O) groups excluding carboxylic acids is 1. The molecule has 11 atom stereocenters. The zero-order chi connectivity index (χ0) is 30.4. The summed E-state index contributed by atoms with van der Waals surface area (Å²) in [6.07, 6.45) is 26.1. The average molecular weight is 595 g/mol. The number of esters is 1. The molecule has 1 aromatic rings. The van der Waals surface area contributed by atoms with Crippen LogP contribution in [0.5, 0.6) is 5.75 Å². The summed E-state index contributed by atoms with van der Waals surface area (Å²) in [6, 6.07) is 6.12. The largest absolute Gasteiger partial charge is 0.508 e. The normalized spacial score (nSPS) is 45.1. The number of carbonyl (C=O) groups is 1. The molecule has 0 spiro atoms. The summed E-state index contributed by atoms with van der Waals surface area (Å²) in [7, 11) is 0. The third kappa shape index (κ3) is 4.06. The Balaban J connectivity index is 0.977. The Kier molecular flexibility index (Phi) is 6.65. The van der Waals surface area contributed by atoms with Crippen LogP contribution < -0.4 is 0 Å². The second-order valence-corrected chi connectivity index (χ2v) is 16.2. The Bertz CT molecular complexity index is 1460. The van der Waals surface area contributed by atoms with E-state index >= 15 is 0 Å². The first-order chi connectivity index (χ1) is 21.2. The van der Waals surface area contributed by atoms with Crippen LogP contribution in [0.3, 0.4) is 0 Å². The van der Waals surface area contributed by atoms with Crippen molar-refractivity contribution in [3.8, 4) is 18.1 Å². The van der Waals surface area contributed by atoms with Crippen molar-refractivity contribution in [1.29, 1.82) is 0 Å². The van der Waals surface area contributed by atoms with Crippen molar-refractivity contribution in [1.82, 2.24) is 0 Å². The molecular formula is C40H50O4. The molecule has 44 heavy (non-hydrogen) atoms. The SMILES string of the molecule is C#C[C@]1(OC(C)=O)CC[C@H]2[C@@H]3CC=C4C=C(O[C@H]5CC[C@H]6[C@@H]7CCc8cc(O)ccc8[C@H]7CC[C@]56C)CC[C@@H]4[C@H]3CC[C@@]21C. The number of fused-ring (bicyclic) bond motifs is 10. The van der Waals surface area contributed by atoms with Crippen molar-refractivity contribution in [2.75, 3.05) is 0 Å². The van der Waals surface area contributed by atoms with Crippen molar-refractivity contribution < 1.29 is 19.4 Å². The molecular weight excluding hydrogens is 544 g/mol. The van der Waals surface area contributed by atoms with E-state index in [0.29, 0.717) is 41.4 Å². The number of rotatable bonds is 3. The van der Waals surface area contributed by atoms with Crippen LogP contribution in [0, 0.1) is 58.7 Å². The molecule has 4 heteroatoms. The van der Waals surface area contributed by atoms with E-state index in [1.807, 2.05) is 12.1 Å². The third-order valence-electron chi connectivity index (χ3n) is 14.7. The number of phenolic OH excluding ortho intramolecular Hbond substituents is 1. The molecule has 8 rings (SSSR count). The lowest BCUT2D eigenvalue weighted by atomic mass is 9.51. The van der Waals surface area contributed by atoms with Gasteiger partial charge in [0, 0.05) is 24.2 Å². The molecule has 4 nitrogen and oxygen atoms in total. The lowest BCUT2D eigenvalue weighted by molar-refractivity contribution is -0.167. The number of benzene rings is 1. The van der Waals surface area contributed by atoms with Gasteiger partial charge >= 0.3 is 5.97 Å². The predicted molar refractivity (Wildman–Crippen MR) is 171 cm³/mol. The summed E-state index contributed by atoms with van der Waals surface area (Å²) in [5.74, 6) is 8.94. The molecule has 7 aliphatic rings. The lowest BCUT2D eigenvalue weighted by Crippen LogP contribution is -2.53. The minimum Gasteiger partial charge on any atom is -0.508 e. The van der Waals surface area contributed by atoms with Crippen molar-refractivity contribution in [2.24, 2.45) is 46.3 Å². The summed E-state index contributed by atoms with van der Waals surface area (Å²) < 4.78 is 13.0. The molecule has 0 unspecified atom stereocenters. The van der Waals surface area contributed by atoms with Crippen LogP contribution >= 0.6 is 0 Å². The Labute approximate surface area is 264 Å². The molecule has 0 saturated heterocycles. The maximum Gasteiger partial charge on any atom is 0.304 e. The number of ether oxygens (including phenoxy) is 2. The first kappa shape index (κ1) is 28.8. The van der Waals surface area contributed by atoms with E-state index in [4.69, 9.17) is 15.9 Å². The van der Waals surface area contributed by atoms with Crippen LogP contribution in [0.25, 0.3) is 0 Å². The van der Waals surface area contributed by atoms with Gasteiger partial charge in [0.1, 0.15) is 11.9 Å². The quantitative estimate of drug-likeness (QED) is 0.281. The highest BCUT2D eigenvalue weighted by Gasteiger charge is 2.64. The summed E-state index contributed by atoms with van der Waals surface area (Å²) in [5.41, 5.74) is 3.78. The third-order valence-corrected chi connectivity index (χ3v) is 14.7. The second-order valence-electron chi connectivity index (χ2n) is 16.2. The summed E-state index contributed by atoms with van der Waals surface area (Å²) in [4.78, 5) is 12.1. The molecule has 1 aromatic carbocycles. The Morgan fingerprint density at radius 3 is 2.61 bits per heavy atom. The first-order valence-electron chi connectivity index (χ1n) is 17.7. The van der Waals surface area contributed by atoms with Crippen molar-refractivity contribution >= 4 is 5.97 Å². The fraction of sp³-hybridized carbons (Fsp3) is 0.675. The van der Waals surface area contributed by atoms with Gasteiger partial charge < -0.3 is 14.6 Å². The lowest BCUT2D eigenvalue weighted by Gasteiger charge is -2.54. The van der Waals surface area contributed by atoms with Crippen LogP contribution in [-0.4, -0.2) is 22.8 Å². The van der Waals surface area contributed by atoms with Gasteiger partial charge in [-0.25, -0.2) is 0 Å². The molecule has 234 valence electrons. The van der Waals surface area contributed by atoms with Crippen LogP contribution in [-0.2, 0) is 20.7 Å². The van der Waals surface area contributed by atoms with Crippen molar-refractivity contribution in [2.45, 2.75) is 122 Å². The molecule has 4 fully saturated rings. The van der Waals surface area contributed by atoms with Gasteiger partial charge in [-0.15, -0.1) is 6.42 Å². The highest BCUT2D eigenvalue weighted by molar-refractivity contribution is 5.67. The summed E-state index contributed by atoms with van der Waals surface area (Å²) in [6.45, 7) is 6.36. The number of terminal acetylenes is 1. The maximum absolute atomic E-state index is 12.1. The summed E-state index contributed by atoms with van der Waals surface area (Å²) in [5, 5.41) is 10.0. The van der Waals surface area contributed by atoms with E-state index in [0.717, 1.165) is 50.4 Å². The Morgan fingerprint density at radius 2 is 1.80 bits per heavy atom. The number of allylic oxidation sites excluding steroid dienone is 4. The Morgan fingerprint density at radius 1 is 0.932 bits per heavy atom. The minimum absolute atomic E-state index is 0.131. The summed E-state index contributed by atoms with van der Waals surface area (Å²) >= 11 is 0. The number of hydrogen-bond acceptors (Lipinski definition) is 4. The number of hydrogen-bond donors (Lipinski definition) is 1. The molecule has 4 saturated carbocycles. The average Bonchev–Trinajstić information content (AvgIpc) is 3.49. The number of phenols is 1. The molecule has 1 N–H and O–H groups in total. The van der Waals surface area contributed by atoms with Gasteiger partial charge in [-0.3, -0.25) is 4.79 Å².